The topological polar surface area (TPSA) is 70.4 Å². The molecule has 2 rings (SSSR count). The second-order valence-corrected chi connectivity index (χ2v) is 4.85. The number of non-ortho nitro benzene ring substituents is 1. The molecule has 2 N–H and O–H groups in total. The number of nitro groups is 1. The minimum Gasteiger partial charge on any atom is -0.383 e. The summed E-state index contributed by atoms with van der Waals surface area (Å²) in [5.41, 5.74) is 0.750. The van der Waals surface area contributed by atoms with E-state index in [0.29, 0.717) is 5.02 Å². The highest BCUT2D eigenvalue weighted by atomic mass is 35.5. The maximum absolute atomic E-state index is 10.6. The van der Waals surface area contributed by atoms with Crippen LogP contribution in [0.4, 0.5) is 11.4 Å². The number of nitrogens with zero attached hydrogens (tertiary/aromatic N) is 2. The average Bonchev–Trinajstić information content (AvgIpc) is 2.41. The van der Waals surface area contributed by atoms with Crippen molar-refractivity contribution in [3.8, 4) is 0 Å². The van der Waals surface area contributed by atoms with Gasteiger partial charge in [0.25, 0.3) is 5.69 Å². The lowest BCUT2D eigenvalue weighted by atomic mass is 10.3. The molecule has 6 nitrogen and oxygen atoms in total. The fraction of sp³-hybridized carbons (Fsp3) is 0.500. The zero-order valence-corrected chi connectivity index (χ0v) is 11.3. The molecule has 1 fully saturated rings. The maximum atomic E-state index is 10.6. The van der Waals surface area contributed by atoms with Crippen LogP contribution in [-0.2, 0) is 0 Å². The van der Waals surface area contributed by atoms with Gasteiger partial charge in [-0.1, -0.05) is 11.6 Å². The molecule has 0 atom stereocenters. The van der Waals surface area contributed by atoms with Crippen LogP contribution in [0.15, 0.2) is 18.2 Å². The van der Waals surface area contributed by atoms with E-state index in [4.69, 9.17) is 11.6 Å². The van der Waals surface area contributed by atoms with E-state index >= 15 is 0 Å². The van der Waals surface area contributed by atoms with E-state index in [0.717, 1.165) is 45.0 Å². The summed E-state index contributed by atoms with van der Waals surface area (Å²) in [6.07, 6.45) is 0. The van der Waals surface area contributed by atoms with Gasteiger partial charge in [0, 0.05) is 51.4 Å². The highest BCUT2D eigenvalue weighted by Crippen LogP contribution is 2.26. The van der Waals surface area contributed by atoms with Gasteiger partial charge in [-0.2, -0.15) is 0 Å². The van der Waals surface area contributed by atoms with Gasteiger partial charge in [0.15, 0.2) is 0 Å². The van der Waals surface area contributed by atoms with E-state index in [1.807, 2.05) is 0 Å². The fourth-order valence-electron chi connectivity index (χ4n) is 2.04. The molecule has 0 unspecified atom stereocenters. The Labute approximate surface area is 116 Å². The minimum absolute atomic E-state index is 0.0117. The van der Waals surface area contributed by atoms with Crippen molar-refractivity contribution in [3.05, 3.63) is 33.3 Å². The monoisotopic (exact) mass is 284 g/mol. The van der Waals surface area contributed by atoms with Crippen molar-refractivity contribution >= 4 is 23.0 Å². The molecular formula is C12H17ClN4O2. The third-order valence-corrected chi connectivity index (χ3v) is 3.43. The molecule has 1 aliphatic rings. The van der Waals surface area contributed by atoms with Gasteiger partial charge >= 0.3 is 0 Å². The summed E-state index contributed by atoms with van der Waals surface area (Å²) in [4.78, 5) is 12.5. The Bertz CT molecular complexity index is 449. The summed E-state index contributed by atoms with van der Waals surface area (Å²) < 4.78 is 0. The van der Waals surface area contributed by atoms with Crippen LogP contribution in [0.2, 0.25) is 5.02 Å². The second kappa shape index (κ2) is 6.70. The molecule has 1 aromatic carbocycles. The molecule has 7 heteroatoms. The molecule has 104 valence electrons. The van der Waals surface area contributed by atoms with Crippen LogP contribution in [-0.4, -0.2) is 49.1 Å². The number of halogens is 1. The van der Waals surface area contributed by atoms with Gasteiger partial charge < -0.3 is 10.6 Å². The molecular weight excluding hydrogens is 268 g/mol. The quantitative estimate of drug-likeness (QED) is 0.634. The smallest absolute Gasteiger partial charge is 0.271 e. The fourth-order valence-corrected chi connectivity index (χ4v) is 2.29. The Morgan fingerprint density at radius 3 is 2.79 bits per heavy atom. The molecule has 19 heavy (non-hydrogen) atoms. The van der Waals surface area contributed by atoms with E-state index in [-0.39, 0.29) is 5.69 Å². The number of benzene rings is 1. The normalized spacial score (nSPS) is 16.3. The highest BCUT2D eigenvalue weighted by Gasteiger charge is 2.11. The first-order valence-corrected chi connectivity index (χ1v) is 6.65. The lowest BCUT2D eigenvalue weighted by Gasteiger charge is -2.27. The summed E-state index contributed by atoms with van der Waals surface area (Å²) in [5, 5.41) is 17.5. The Morgan fingerprint density at radius 1 is 1.42 bits per heavy atom. The average molecular weight is 285 g/mol. The van der Waals surface area contributed by atoms with Crippen molar-refractivity contribution in [2.24, 2.45) is 0 Å². The van der Waals surface area contributed by atoms with Crippen LogP contribution in [0, 0.1) is 10.1 Å². The van der Waals surface area contributed by atoms with Gasteiger partial charge in [0.2, 0.25) is 0 Å². The first-order chi connectivity index (χ1) is 9.16. The zero-order chi connectivity index (χ0) is 13.7. The van der Waals surface area contributed by atoms with Gasteiger partial charge in [-0.25, -0.2) is 0 Å². The molecule has 1 saturated heterocycles. The SMILES string of the molecule is O=[N+]([O-])c1ccc(NCCN2CCNCC2)c(Cl)c1. The maximum Gasteiger partial charge on any atom is 0.271 e. The van der Waals surface area contributed by atoms with E-state index in [1.165, 1.54) is 12.1 Å². The first-order valence-electron chi connectivity index (χ1n) is 6.28. The van der Waals surface area contributed by atoms with Crippen LogP contribution in [0.5, 0.6) is 0 Å². The van der Waals surface area contributed by atoms with Crippen molar-refractivity contribution in [1.29, 1.82) is 0 Å². The molecule has 1 aliphatic heterocycles. The number of hydrogen-bond donors (Lipinski definition) is 2. The van der Waals surface area contributed by atoms with Gasteiger partial charge in [0.05, 0.1) is 15.6 Å². The van der Waals surface area contributed by atoms with E-state index < -0.39 is 4.92 Å². The molecule has 1 aromatic rings. The van der Waals surface area contributed by atoms with Crippen LogP contribution in [0.1, 0.15) is 0 Å². The van der Waals surface area contributed by atoms with E-state index in [9.17, 15) is 10.1 Å². The Morgan fingerprint density at radius 2 is 2.16 bits per heavy atom. The number of nitrogens with one attached hydrogen (secondary N) is 2. The Balaban J connectivity index is 1.83. The highest BCUT2D eigenvalue weighted by molar-refractivity contribution is 6.33. The van der Waals surface area contributed by atoms with Gasteiger partial charge in [0.1, 0.15) is 0 Å². The van der Waals surface area contributed by atoms with Gasteiger partial charge in [-0.05, 0) is 6.07 Å². The first kappa shape index (κ1) is 14.0. The van der Waals surface area contributed by atoms with E-state index in [1.54, 1.807) is 6.07 Å². The number of nitro benzene ring substituents is 1. The van der Waals surface area contributed by atoms with Crippen molar-refractivity contribution in [2.75, 3.05) is 44.6 Å². The lowest BCUT2D eigenvalue weighted by Crippen LogP contribution is -2.45. The van der Waals surface area contributed by atoms with Crippen LogP contribution < -0.4 is 10.6 Å². The Hall–Kier alpha value is -1.37. The molecule has 0 bridgehead atoms. The van der Waals surface area contributed by atoms with Gasteiger partial charge in [-0.15, -0.1) is 0 Å². The third-order valence-electron chi connectivity index (χ3n) is 3.12. The largest absolute Gasteiger partial charge is 0.383 e. The van der Waals surface area contributed by atoms with E-state index in [2.05, 4.69) is 15.5 Å². The van der Waals surface area contributed by atoms with Crippen LogP contribution >= 0.6 is 11.6 Å². The zero-order valence-electron chi connectivity index (χ0n) is 10.6. The summed E-state index contributed by atoms with van der Waals surface area (Å²) in [6.45, 7) is 5.87. The molecule has 0 aliphatic carbocycles. The summed E-state index contributed by atoms with van der Waals surface area (Å²) in [7, 11) is 0. The lowest BCUT2D eigenvalue weighted by molar-refractivity contribution is -0.384. The molecule has 0 spiro atoms. The number of rotatable bonds is 5. The predicted molar refractivity (Wildman–Crippen MR) is 75.9 cm³/mol. The van der Waals surface area contributed by atoms with Crippen LogP contribution in [0.25, 0.3) is 0 Å². The third kappa shape index (κ3) is 4.05. The molecule has 0 saturated carbocycles. The molecule has 0 aromatic heterocycles. The standard InChI is InChI=1S/C12H17ClN4O2/c13-11-9-10(17(18)19)1-2-12(11)15-5-8-16-6-3-14-4-7-16/h1-2,9,14-15H,3-8H2. The summed E-state index contributed by atoms with van der Waals surface area (Å²) >= 11 is 6.00. The van der Waals surface area contributed by atoms with Crippen molar-refractivity contribution in [2.45, 2.75) is 0 Å². The minimum atomic E-state index is -0.448. The number of hydrogen-bond acceptors (Lipinski definition) is 5. The predicted octanol–water partition coefficient (Wildman–Crippen LogP) is 1.57. The Kier molecular flexibility index (Phi) is 4.95. The molecule has 1 heterocycles. The molecule has 0 amide bonds. The number of piperazine rings is 1. The number of anilines is 1. The van der Waals surface area contributed by atoms with Crippen molar-refractivity contribution < 1.29 is 4.92 Å². The second-order valence-electron chi connectivity index (χ2n) is 4.44. The van der Waals surface area contributed by atoms with Crippen LogP contribution in [0.3, 0.4) is 0 Å². The molecule has 0 radical (unpaired) electrons. The van der Waals surface area contributed by atoms with Crippen molar-refractivity contribution in [3.63, 3.8) is 0 Å². The summed E-state index contributed by atoms with van der Waals surface area (Å²) in [6, 6.07) is 4.48. The summed E-state index contributed by atoms with van der Waals surface area (Å²) in [5.74, 6) is 0. The van der Waals surface area contributed by atoms with Gasteiger partial charge in [-0.3, -0.25) is 15.0 Å². The van der Waals surface area contributed by atoms with Crippen molar-refractivity contribution in [1.82, 2.24) is 10.2 Å².